The molecule has 1 atom stereocenters. The van der Waals surface area contributed by atoms with E-state index in [1.54, 1.807) is 13.2 Å². The van der Waals surface area contributed by atoms with Crippen LogP contribution in [0.25, 0.3) is 16.8 Å². The molecule has 28 heavy (non-hydrogen) atoms. The molecule has 5 rings (SSSR count). The van der Waals surface area contributed by atoms with Gasteiger partial charge in [-0.2, -0.15) is 5.10 Å². The maximum absolute atomic E-state index is 13.8. The van der Waals surface area contributed by atoms with Crippen molar-refractivity contribution in [2.45, 2.75) is 31.6 Å². The molecule has 0 bridgehead atoms. The Labute approximate surface area is 164 Å². The first kappa shape index (κ1) is 17.6. The number of hydrogen-bond acceptors (Lipinski definition) is 4. The summed E-state index contributed by atoms with van der Waals surface area (Å²) in [5.41, 5.74) is 2.41. The van der Waals surface area contributed by atoms with Crippen LogP contribution in [0.1, 0.15) is 37.4 Å². The highest BCUT2D eigenvalue weighted by Gasteiger charge is 2.29. The second-order valence-corrected chi connectivity index (χ2v) is 8.08. The standard InChI is InChI=1S/C22H25FN4O/c1-28-20-8-7-18(23)11-19(20)16-6-9-21-24-22(25-27(21)14-16)17-3-2-10-26(13-17)12-15-4-5-15/h6-9,11,14-15,17H,2-5,10,12-13H2,1H3/t17-/m0/s1. The third-order valence-electron chi connectivity index (χ3n) is 5.90. The monoisotopic (exact) mass is 380 g/mol. The van der Waals surface area contributed by atoms with E-state index in [4.69, 9.17) is 14.8 Å². The summed E-state index contributed by atoms with van der Waals surface area (Å²) in [6.07, 6.45) is 7.04. The van der Waals surface area contributed by atoms with E-state index in [0.717, 1.165) is 41.5 Å². The van der Waals surface area contributed by atoms with Gasteiger partial charge in [-0.15, -0.1) is 0 Å². The Bertz CT molecular complexity index is 997. The molecule has 2 aliphatic rings. The third kappa shape index (κ3) is 3.49. The Balaban J connectivity index is 1.43. The summed E-state index contributed by atoms with van der Waals surface area (Å²) in [5, 5.41) is 4.77. The molecule has 2 fully saturated rings. The Kier molecular flexibility index (Phi) is 4.51. The van der Waals surface area contributed by atoms with Crippen molar-refractivity contribution in [3.8, 4) is 16.9 Å². The van der Waals surface area contributed by atoms with E-state index in [2.05, 4.69) is 4.90 Å². The summed E-state index contributed by atoms with van der Waals surface area (Å²) in [6.45, 7) is 3.48. The lowest BCUT2D eigenvalue weighted by Gasteiger charge is -2.31. The molecule has 0 unspecified atom stereocenters. The number of rotatable bonds is 5. The summed E-state index contributed by atoms with van der Waals surface area (Å²) in [7, 11) is 1.60. The minimum atomic E-state index is -0.284. The quantitative estimate of drug-likeness (QED) is 0.667. The third-order valence-corrected chi connectivity index (χ3v) is 5.90. The fourth-order valence-electron chi connectivity index (χ4n) is 4.24. The summed E-state index contributed by atoms with van der Waals surface area (Å²) >= 11 is 0. The van der Waals surface area contributed by atoms with E-state index in [0.29, 0.717) is 11.7 Å². The van der Waals surface area contributed by atoms with E-state index in [1.165, 1.54) is 44.5 Å². The second-order valence-electron chi connectivity index (χ2n) is 8.08. The molecule has 5 nitrogen and oxygen atoms in total. The summed E-state index contributed by atoms with van der Waals surface area (Å²) in [6, 6.07) is 8.45. The molecule has 0 N–H and O–H groups in total. The molecule has 1 saturated carbocycles. The van der Waals surface area contributed by atoms with Gasteiger partial charge >= 0.3 is 0 Å². The molecular weight excluding hydrogens is 355 g/mol. The molecule has 2 aromatic heterocycles. The summed E-state index contributed by atoms with van der Waals surface area (Å²) < 4.78 is 21.0. The van der Waals surface area contributed by atoms with Gasteiger partial charge in [0, 0.05) is 36.3 Å². The number of fused-ring (bicyclic) bond motifs is 1. The zero-order chi connectivity index (χ0) is 19.1. The van der Waals surface area contributed by atoms with E-state index < -0.39 is 0 Å². The average Bonchev–Trinajstić information content (AvgIpc) is 3.42. The highest BCUT2D eigenvalue weighted by molar-refractivity contribution is 5.71. The van der Waals surface area contributed by atoms with Gasteiger partial charge in [-0.05, 0) is 68.5 Å². The van der Waals surface area contributed by atoms with Crippen LogP contribution in [0.4, 0.5) is 4.39 Å². The highest BCUT2D eigenvalue weighted by Crippen LogP contribution is 2.33. The SMILES string of the molecule is COc1ccc(F)cc1-c1ccc2nc([C@H]3CCCN(CC4CC4)C3)nn2c1. The number of nitrogens with zero attached hydrogens (tertiary/aromatic N) is 4. The normalized spacial score (nSPS) is 20.6. The topological polar surface area (TPSA) is 42.7 Å². The molecule has 1 aliphatic heterocycles. The van der Waals surface area contributed by atoms with Crippen LogP contribution in [-0.2, 0) is 0 Å². The molecule has 146 valence electrons. The molecule has 0 amide bonds. The van der Waals surface area contributed by atoms with Gasteiger partial charge in [0.05, 0.1) is 7.11 Å². The predicted molar refractivity (Wildman–Crippen MR) is 106 cm³/mol. The first-order chi connectivity index (χ1) is 13.7. The van der Waals surface area contributed by atoms with Gasteiger partial charge < -0.3 is 9.64 Å². The first-order valence-corrected chi connectivity index (χ1v) is 10.1. The van der Waals surface area contributed by atoms with Crippen LogP contribution in [0, 0.1) is 11.7 Å². The van der Waals surface area contributed by atoms with E-state index in [-0.39, 0.29) is 5.82 Å². The summed E-state index contributed by atoms with van der Waals surface area (Å²) in [4.78, 5) is 7.36. The van der Waals surface area contributed by atoms with Crippen molar-refractivity contribution in [2.24, 2.45) is 5.92 Å². The maximum Gasteiger partial charge on any atom is 0.156 e. The Morgan fingerprint density at radius 1 is 1.18 bits per heavy atom. The smallest absolute Gasteiger partial charge is 0.156 e. The number of likely N-dealkylation sites (tertiary alicyclic amines) is 1. The molecule has 3 heterocycles. The summed E-state index contributed by atoms with van der Waals surface area (Å²) in [5.74, 6) is 2.58. The van der Waals surface area contributed by atoms with E-state index in [1.807, 2.05) is 22.8 Å². The van der Waals surface area contributed by atoms with E-state index in [9.17, 15) is 4.39 Å². The zero-order valence-corrected chi connectivity index (χ0v) is 16.1. The van der Waals surface area contributed by atoms with Crippen molar-refractivity contribution in [1.82, 2.24) is 19.5 Å². The van der Waals surface area contributed by atoms with Crippen LogP contribution in [0.15, 0.2) is 36.5 Å². The van der Waals surface area contributed by atoms with Gasteiger partial charge in [-0.25, -0.2) is 13.9 Å². The number of benzene rings is 1. The molecule has 3 aromatic rings. The number of halogens is 1. The maximum atomic E-state index is 13.8. The van der Waals surface area contributed by atoms with Crippen molar-refractivity contribution >= 4 is 5.65 Å². The molecule has 1 aliphatic carbocycles. The lowest BCUT2D eigenvalue weighted by atomic mass is 9.97. The molecule has 1 aromatic carbocycles. The van der Waals surface area contributed by atoms with Crippen LogP contribution in [0.3, 0.4) is 0 Å². The molecule has 0 spiro atoms. The van der Waals surface area contributed by atoms with Gasteiger partial charge in [0.2, 0.25) is 0 Å². The predicted octanol–water partition coefficient (Wildman–Crippen LogP) is 4.13. The largest absolute Gasteiger partial charge is 0.496 e. The second kappa shape index (κ2) is 7.17. The van der Waals surface area contributed by atoms with Crippen molar-refractivity contribution < 1.29 is 9.13 Å². The van der Waals surface area contributed by atoms with Gasteiger partial charge in [-0.1, -0.05) is 0 Å². The molecule has 0 radical (unpaired) electrons. The van der Waals surface area contributed by atoms with Crippen molar-refractivity contribution in [2.75, 3.05) is 26.7 Å². The lowest BCUT2D eigenvalue weighted by molar-refractivity contribution is 0.197. The van der Waals surface area contributed by atoms with Crippen molar-refractivity contribution in [1.29, 1.82) is 0 Å². The van der Waals surface area contributed by atoms with Crippen LogP contribution in [0.5, 0.6) is 5.75 Å². The minimum absolute atomic E-state index is 0.284. The van der Waals surface area contributed by atoms with Gasteiger partial charge in [0.15, 0.2) is 11.5 Å². The number of ether oxygens (including phenoxy) is 1. The number of methoxy groups -OCH3 is 1. The zero-order valence-electron chi connectivity index (χ0n) is 16.1. The van der Waals surface area contributed by atoms with Crippen LogP contribution < -0.4 is 4.74 Å². The average molecular weight is 380 g/mol. The van der Waals surface area contributed by atoms with Crippen LogP contribution in [0.2, 0.25) is 0 Å². The number of aromatic nitrogens is 3. The number of piperidine rings is 1. The Morgan fingerprint density at radius 3 is 2.89 bits per heavy atom. The Hall–Kier alpha value is -2.47. The Morgan fingerprint density at radius 2 is 2.07 bits per heavy atom. The highest BCUT2D eigenvalue weighted by atomic mass is 19.1. The number of hydrogen-bond donors (Lipinski definition) is 0. The van der Waals surface area contributed by atoms with Crippen LogP contribution >= 0.6 is 0 Å². The first-order valence-electron chi connectivity index (χ1n) is 10.1. The molecular formula is C22H25FN4O. The lowest BCUT2D eigenvalue weighted by Crippen LogP contribution is -2.36. The molecule has 1 saturated heterocycles. The van der Waals surface area contributed by atoms with Crippen molar-refractivity contribution in [3.05, 3.63) is 48.2 Å². The minimum Gasteiger partial charge on any atom is -0.496 e. The van der Waals surface area contributed by atoms with E-state index >= 15 is 0 Å². The number of pyridine rings is 1. The van der Waals surface area contributed by atoms with Crippen molar-refractivity contribution in [3.63, 3.8) is 0 Å². The fourth-order valence-corrected chi connectivity index (χ4v) is 4.24. The molecule has 6 heteroatoms. The van der Waals surface area contributed by atoms with Gasteiger partial charge in [0.1, 0.15) is 11.6 Å². The van der Waals surface area contributed by atoms with Crippen LogP contribution in [-0.4, -0.2) is 46.2 Å². The van der Waals surface area contributed by atoms with Gasteiger partial charge in [-0.3, -0.25) is 0 Å². The van der Waals surface area contributed by atoms with Gasteiger partial charge in [0.25, 0.3) is 0 Å². The fraction of sp³-hybridized carbons (Fsp3) is 0.455.